The van der Waals surface area contributed by atoms with Crippen molar-refractivity contribution in [1.82, 2.24) is 9.88 Å². The molecule has 1 aromatic heterocycles. The fourth-order valence-electron chi connectivity index (χ4n) is 2.00. The van der Waals surface area contributed by atoms with Crippen molar-refractivity contribution in [2.24, 2.45) is 5.73 Å². The molecule has 0 aromatic carbocycles. The Bertz CT molecular complexity index is 402. The number of hydrogen-bond donors (Lipinski definition) is 2. The van der Waals surface area contributed by atoms with Gasteiger partial charge in [-0.25, -0.2) is 0 Å². The van der Waals surface area contributed by atoms with E-state index in [0.717, 1.165) is 23.9 Å². The van der Waals surface area contributed by atoms with Crippen LogP contribution in [0.2, 0.25) is 0 Å². The molecule has 0 bridgehead atoms. The molecule has 1 rings (SSSR count). The minimum atomic E-state index is -0.299. The molecule has 5 heteroatoms. The number of nitrogens with zero attached hydrogens (tertiary/aromatic N) is 1. The number of carbonyl (C=O) groups excluding carboxylic acids is 1. The van der Waals surface area contributed by atoms with Gasteiger partial charge in [-0.1, -0.05) is 13.8 Å². The maximum atomic E-state index is 12.3. The van der Waals surface area contributed by atoms with E-state index in [1.54, 1.807) is 0 Å². The average Bonchev–Trinajstić information content (AvgIpc) is 2.77. The van der Waals surface area contributed by atoms with Crippen molar-refractivity contribution in [3.05, 3.63) is 22.4 Å². The molecule has 18 heavy (non-hydrogen) atoms. The summed E-state index contributed by atoms with van der Waals surface area (Å²) in [6, 6.07) is 1.84. The number of carbonyl (C=O) groups is 1. The number of amides is 1. The molecule has 0 spiro atoms. The zero-order valence-corrected chi connectivity index (χ0v) is 12.9. The maximum Gasteiger partial charge on any atom is 0.268 e. The third-order valence-electron chi connectivity index (χ3n) is 3.56. The van der Waals surface area contributed by atoms with E-state index in [4.69, 9.17) is 5.73 Å². The summed E-state index contributed by atoms with van der Waals surface area (Å²) in [5, 5.41) is 3.08. The number of rotatable bonds is 6. The van der Waals surface area contributed by atoms with Crippen LogP contribution in [-0.4, -0.2) is 22.6 Å². The summed E-state index contributed by atoms with van der Waals surface area (Å²) in [7, 11) is 0. The molecule has 0 aliphatic carbocycles. The zero-order valence-electron chi connectivity index (χ0n) is 11.3. The quantitative estimate of drug-likeness (QED) is 0.847. The molecule has 0 saturated heterocycles. The van der Waals surface area contributed by atoms with E-state index >= 15 is 0 Å². The zero-order chi connectivity index (χ0) is 13.8. The monoisotopic (exact) mass is 315 g/mol. The fourth-order valence-corrected chi connectivity index (χ4v) is 2.46. The van der Waals surface area contributed by atoms with Gasteiger partial charge in [0.05, 0.1) is 5.54 Å². The van der Waals surface area contributed by atoms with Gasteiger partial charge in [0.2, 0.25) is 0 Å². The second-order valence-corrected chi connectivity index (χ2v) is 5.39. The molecular weight excluding hydrogens is 294 g/mol. The Morgan fingerprint density at radius 1 is 1.44 bits per heavy atom. The van der Waals surface area contributed by atoms with Gasteiger partial charge in [-0.15, -0.1) is 0 Å². The molecule has 1 heterocycles. The van der Waals surface area contributed by atoms with Crippen molar-refractivity contribution in [3.63, 3.8) is 0 Å². The standard InChI is InChI=1S/C13H22BrN3O/c1-4-13(5-2,9-15)16-12(18)11-7-10(14)8-17(11)6-3/h7-8H,4-6,9,15H2,1-3H3,(H,16,18). The third-order valence-corrected chi connectivity index (χ3v) is 3.99. The second kappa shape index (κ2) is 6.38. The van der Waals surface area contributed by atoms with Crippen LogP contribution in [0, 0.1) is 0 Å². The topological polar surface area (TPSA) is 60.0 Å². The molecule has 0 aliphatic heterocycles. The van der Waals surface area contributed by atoms with E-state index in [1.807, 2.05) is 37.6 Å². The summed E-state index contributed by atoms with van der Waals surface area (Å²) in [5.41, 5.74) is 6.17. The van der Waals surface area contributed by atoms with E-state index < -0.39 is 0 Å². The number of nitrogens with one attached hydrogen (secondary N) is 1. The van der Waals surface area contributed by atoms with Crippen LogP contribution in [0.4, 0.5) is 0 Å². The van der Waals surface area contributed by atoms with Crippen LogP contribution in [0.15, 0.2) is 16.7 Å². The first-order valence-electron chi connectivity index (χ1n) is 6.40. The highest BCUT2D eigenvalue weighted by atomic mass is 79.9. The van der Waals surface area contributed by atoms with Crippen LogP contribution in [-0.2, 0) is 6.54 Å². The van der Waals surface area contributed by atoms with Gasteiger partial charge in [0.15, 0.2) is 0 Å². The lowest BCUT2D eigenvalue weighted by Gasteiger charge is -2.31. The minimum absolute atomic E-state index is 0.0586. The SMILES string of the molecule is CCn1cc(Br)cc1C(=O)NC(CC)(CC)CN. The Morgan fingerprint density at radius 2 is 2.06 bits per heavy atom. The van der Waals surface area contributed by atoms with E-state index in [1.165, 1.54) is 0 Å². The highest BCUT2D eigenvalue weighted by Crippen LogP contribution is 2.18. The molecule has 102 valence electrons. The average molecular weight is 316 g/mol. The third kappa shape index (κ3) is 3.14. The molecule has 0 radical (unpaired) electrons. The van der Waals surface area contributed by atoms with E-state index in [2.05, 4.69) is 21.2 Å². The number of halogens is 1. The molecule has 0 aliphatic rings. The predicted molar refractivity (Wildman–Crippen MR) is 77.6 cm³/mol. The van der Waals surface area contributed by atoms with Crippen molar-refractivity contribution >= 4 is 21.8 Å². The molecule has 1 amide bonds. The van der Waals surface area contributed by atoms with Crippen molar-refractivity contribution in [1.29, 1.82) is 0 Å². The van der Waals surface area contributed by atoms with E-state index in [0.29, 0.717) is 12.2 Å². The van der Waals surface area contributed by atoms with Crippen LogP contribution in [0.3, 0.4) is 0 Å². The van der Waals surface area contributed by atoms with E-state index in [-0.39, 0.29) is 11.4 Å². The Balaban J connectivity index is 2.93. The first-order valence-corrected chi connectivity index (χ1v) is 7.19. The second-order valence-electron chi connectivity index (χ2n) is 4.48. The van der Waals surface area contributed by atoms with Crippen LogP contribution >= 0.6 is 15.9 Å². The molecule has 4 nitrogen and oxygen atoms in total. The lowest BCUT2D eigenvalue weighted by molar-refractivity contribution is 0.0886. The highest BCUT2D eigenvalue weighted by molar-refractivity contribution is 9.10. The molecule has 0 atom stereocenters. The van der Waals surface area contributed by atoms with Gasteiger partial charge < -0.3 is 15.6 Å². The van der Waals surface area contributed by atoms with Gasteiger partial charge in [0.1, 0.15) is 5.69 Å². The normalized spacial score (nSPS) is 11.6. The van der Waals surface area contributed by atoms with Crippen molar-refractivity contribution < 1.29 is 4.79 Å². The van der Waals surface area contributed by atoms with Gasteiger partial charge in [-0.2, -0.15) is 0 Å². The van der Waals surface area contributed by atoms with Gasteiger partial charge >= 0.3 is 0 Å². The summed E-state index contributed by atoms with van der Waals surface area (Å²) in [4.78, 5) is 12.3. The number of aryl methyl sites for hydroxylation is 1. The first-order chi connectivity index (χ1) is 8.51. The highest BCUT2D eigenvalue weighted by Gasteiger charge is 2.27. The van der Waals surface area contributed by atoms with Crippen molar-refractivity contribution in [3.8, 4) is 0 Å². The van der Waals surface area contributed by atoms with Gasteiger partial charge in [-0.3, -0.25) is 4.79 Å². The predicted octanol–water partition coefficient (Wildman–Crippen LogP) is 2.52. The van der Waals surface area contributed by atoms with Crippen LogP contribution in [0.25, 0.3) is 0 Å². The summed E-state index contributed by atoms with van der Waals surface area (Å²) in [6.07, 6.45) is 3.58. The molecule has 0 saturated carbocycles. The lowest BCUT2D eigenvalue weighted by Crippen LogP contribution is -2.53. The van der Waals surface area contributed by atoms with Gasteiger partial charge in [-0.05, 0) is 41.8 Å². The fraction of sp³-hybridized carbons (Fsp3) is 0.615. The summed E-state index contributed by atoms with van der Waals surface area (Å²) >= 11 is 3.40. The largest absolute Gasteiger partial charge is 0.344 e. The molecule has 0 unspecified atom stereocenters. The Kier molecular flexibility index (Phi) is 5.41. The van der Waals surface area contributed by atoms with Gasteiger partial charge in [0, 0.05) is 23.8 Å². The summed E-state index contributed by atoms with van der Waals surface area (Å²) in [5.74, 6) is -0.0586. The van der Waals surface area contributed by atoms with Crippen LogP contribution in [0.5, 0.6) is 0 Å². The molecule has 3 N–H and O–H groups in total. The molecule has 1 aromatic rings. The van der Waals surface area contributed by atoms with Crippen molar-refractivity contribution in [2.75, 3.05) is 6.54 Å². The maximum absolute atomic E-state index is 12.3. The number of nitrogens with two attached hydrogens (primary N) is 1. The lowest BCUT2D eigenvalue weighted by atomic mass is 9.93. The van der Waals surface area contributed by atoms with Crippen LogP contribution < -0.4 is 11.1 Å². The van der Waals surface area contributed by atoms with Crippen LogP contribution in [0.1, 0.15) is 44.1 Å². The first kappa shape index (κ1) is 15.2. The van der Waals surface area contributed by atoms with Gasteiger partial charge in [0.25, 0.3) is 5.91 Å². The summed E-state index contributed by atoms with van der Waals surface area (Å²) < 4.78 is 2.84. The van der Waals surface area contributed by atoms with Crippen molar-refractivity contribution in [2.45, 2.75) is 45.7 Å². The molecule has 0 fully saturated rings. The number of hydrogen-bond acceptors (Lipinski definition) is 2. The number of aromatic nitrogens is 1. The minimum Gasteiger partial charge on any atom is -0.344 e. The molecular formula is C13H22BrN3O. The Labute approximate surface area is 117 Å². The summed E-state index contributed by atoms with van der Waals surface area (Å²) in [6.45, 7) is 7.33. The Morgan fingerprint density at radius 3 is 2.50 bits per heavy atom. The smallest absolute Gasteiger partial charge is 0.268 e. The Hall–Kier alpha value is -0.810. The van der Waals surface area contributed by atoms with E-state index in [9.17, 15) is 4.79 Å².